The number of H-pyrrole nitrogens is 2. The zero-order valence-electron chi connectivity index (χ0n) is 12.8. The number of imidazole rings is 1. The minimum Gasteiger partial charge on any atom is -0.306 e. The Kier molecular flexibility index (Phi) is 6.55. The van der Waals surface area contributed by atoms with E-state index in [1.165, 1.54) is 50.5 Å². The molecule has 1 heterocycles. The molecule has 0 fully saturated rings. The van der Waals surface area contributed by atoms with Crippen LogP contribution in [0.1, 0.15) is 68.7 Å². The molecule has 0 aliphatic carbocycles. The zero-order chi connectivity index (χ0) is 15.1. The minimum absolute atomic E-state index is 0.139. The van der Waals surface area contributed by atoms with Crippen molar-refractivity contribution in [1.82, 2.24) is 9.97 Å². The highest BCUT2D eigenvalue weighted by atomic mass is 79.9. The van der Waals surface area contributed by atoms with Gasteiger partial charge in [0.2, 0.25) is 0 Å². The first kappa shape index (κ1) is 16.3. The topological polar surface area (TPSA) is 48.6 Å². The molecule has 0 bridgehead atoms. The lowest BCUT2D eigenvalue weighted by Crippen LogP contribution is -1.99. The van der Waals surface area contributed by atoms with Crippen molar-refractivity contribution in [2.24, 2.45) is 0 Å². The van der Waals surface area contributed by atoms with Crippen molar-refractivity contribution in [3.05, 3.63) is 34.2 Å². The first-order valence-corrected chi connectivity index (χ1v) is 8.98. The molecule has 0 spiro atoms. The number of hydrogen-bond acceptors (Lipinski definition) is 1. The van der Waals surface area contributed by atoms with Gasteiger partial charge < -0.3 is 9.97 Å². The Morgan fingerprint density at radius 3 is 2.43 bits per heavy atom. The summed E-state index contributed by atoms with van der Waals surface area (Å²) in [5, 5.41) is 0. The summed E-state index contributed by atoms with van der Waals surface area (Å²) in [5.41, 5.74) is 2.87. The Morgan fingerprint density at radius 1 is 1.00 bits per heavy atom. The van der Waals surface area contributed by atoms with Crippen LogP contribution in [-0.4, -0.2) is 9.97 Å². The number of aromatic nitrogens is 2. The van der Waals surface area contributed by atoms with Crippen LogP contribution in [0, 0.1) is 0 Å². The molecule has 1 aromatic heterocycles. The SMILES string of the molecule is CCCCCCCCCC(Br)c1ccc2[nH]c(=O)[nH]c2c1. The highest BCUT2D eigenvalue weighted by Gasteiger charge is 2.09. The first-order valence-electron chi connectivity index (χ1n) is 8.06. The molecule has 0 amide bonds. The Hall–Kier alpha value is -1.03. The number of nitrogens with one attached hydrogen (secondary N) is 2. The smallest absolute Gasteiger partial charge is 0.306 e. The fraction of sp³-hybridized carbons (Fsp3) is 0.588. The fourth-order valence-electron chi connectivity index (χ4n) is 2.69. The number of aromatic amines is 2. The monoisotopic (exact) mass is 352 g/mol. The average Bonchev–Trinajstić information content (AvgIpc) is 2.85. The van der Waals surface area contributed by atoms with E-state index in [0.717, 1.165) is 17.5 Å². The summed E-state index contributed by atoms with van der Waals surface area (Å²) in [6.07, 6.45) is 10.5. The van der Waals surface area contributed by atoms with Crippen molar-refractivity contribution in [2.45, 2.75) is 63.1 Å². The molecule has 1 unspecified atom stereocenters. The average molecular weight is 353 g/mol. The van der Waals surface area contributed by atoms with Crippen LogP contribution in [0.25, 0.3) is 11.0 Å². The molecule has 2 N–H and O–H groups in total. The van der Waals surface area contributed by atoms with Crippen LogP contribution < -0.4 is 5.69 Å². The maximum Gasteiger partial charge on any atom is 0.323 e. The van der Waals surface area contributed by atoms with Crippen LogP contribution in [-0.2, 0) is 0 Å². The van der Waals surface area contributed by atoms with Crippen molar-refractivity contribution in [2.75, 3.05) is 0 Å². The molecule has 3 nitrogen and oxygen atoms in total. The van der Waals surface area contributed by atoms with E-state index in [1.54, 1.807) is 0 Å². The molecule has 0 radical (unpaired) electrons. The molecule has 2 rings (SSSR count). The highest BCUT2D eigenvalue weighted by molar-refractivity contribution is 9.09. The Labute approximate surface area is 134 Å². The largest absolute Gasteiger partial charge is 0.323 e. The van der Waals surface area contributed by atoms with Gasteiger partial charge >= 0.3 is 5.69 Å². The van der Waals surface area contributed by atoms with E-state index in [9.17, 15) is 4.79 Å². The second kappa shape index (κ2) is 8.42. The van der Waals surface area contributed by atoms with E-state index in [2.05, 4.69) is 45.0 Å². The van der Waals surface area contributed by atoms with E-state index >= 15 is 0 Å². The lowest BCUT2D eigenvalue weighted by molar-refractivity contribution is 0.574. The predicted molar refractivity (Wildman–Crippen MR) is 93.2 cm³/mol. The van der Waals surface area contributed by atoms with E-state index in [0.29, 0.717) is 4.83 Å². The summed E-state index contributed by atoms with van der Waals surface area (Å²) in [7, 11) is 0. The van der Waals surface area contributed by atoms with Gasteiger partial charge in [0.05, 0.1) is 11.0 Å². The van der Waals surface area contributed by atoms with Gasteiger partial charge in [0.15, 0.2) is 0 Å². The van der Waals surface area contributed by atoms with Gasteiger partial charge in [-0.1, -0.05) is 73.9 Å². The normalized spacial score (nSPS) is 12.9. The molecular weight excluding hydrogens is 328 g/mol. The molecular formula is C17H25BrN2O. The maximum absolute atomic E-state index is 11.3. The fourth-order valence-corrected chi connectivity index (χ4v) is 3.30. The lowest BCUT2D eigenvalue weighted by Gasteiger charge is -2.10. The van der Waals surface area contributed by atoms with Gasteiger partial charge in [-0.2, -0.15) is 0 Å². The third kappa shape index (κ3) is 5.03. The number of halogens is 1. The van der Waals surface area contributed by atoms with Gasteiger partial charge in [0.1, 0.15) is 0 Å². The summed E-state index contributed by atoms with van der Waals surface area (Å²) in [5.74, 6) is 0. The van der Waals surface area contributed by atoms with Gasteiger partial charge in [-0.05, 0) is 24.1 Å². The second-order valence-electron chi connectivity index (χ2n) is 5.76. The Balaban J connectivity index is 1.76. The number of hydrogen-bond donors (Lipinski definition) is 2. The van der Waals surface area contributed by atoms with Gasteiger partial charge in [0.25, 0.3) is 0 Å². The summed E-state index contributed by atoms with van der Waals surface area (Å²) in [4.78, 5) is 17.2. The molecule has 0 aliphatic heterocycles. The maximum atomic E-state index is 11.3. The standard InChI is InChI=1S/C17H25BrN2O/c1-2-3-4-5-6-7-8-9-14(18)13-10-11-15-16(12-13)20-17(21)19-15/h10-12,14H,2-9H2,1H3,(H2,19,20,21). The summed E-state index contributed by atoms with van der Waals surface area (Å²) in [6, 6.07) is 6.13. The minimum atomic E-state index is -0.139. The molecule has 21 heavy (non-hydrogen) atoms. The molecule has 2 aromatic rings. The van der Waals surface area contributed by atoms with Crippen LogP contribution in [0.4, 0.5) is 0 Å². The Bertz CT molecular complexity index is 602. The number of fused-ring (bicyclic) bond motifs is 1. The van der Waals surface area contributed by atoms with E-state index in [4.69, 9.17) is 0 Å². The molecule has 0 saturated heterocycles. The molecule has 1 atom stereocenters. The quantitative estimate of drug-likeness (QED) is 0.458. The summed E-state index contributed by atoms with van der Waals surface area (Å²) in [6.45, 7) is 2.25. The molecule has 0 aliphatic rings. The van der Waals surface area contributed by atoms with Gasteiger partial charge in [-0.3, -0.25) is 0 Å². The van der Waals surface area contributed by atoms with Crippen LogP contribution >= 0.6 is 15.9 Å². The van der Waals surface area contributed by atoms with Crippen molar-refractivity contribution in [1.29, 1.82) is 0 Å². The van der Waals surface area contributed by atoms with Gasteiger partial charge in [0, 0.05) is 4.83 Å². The third-order valence-electron chi connectivity index (χ3n) is 3.96. The van der Waals surface area contributed by atoms with Crippen molar-refractivity contribution in [3.63, 3.8) is 0 Å². The van der Waals surface area contributed by atoms with Crippen LogP contribution in [0.5, 0.6) is 0 Å². The van der Waals surface area contributed by atoms with Crippen LogP contribution in [0.2, 0.25) is 0 Å². The highest BCUT2D eigenvalue weighted by Crippen LogP contribution is 2.30. The van der Waals surface area contributed by atoms with Crippen LogP contribution in [0.3, 0.4) is 0 Å². The third-order valence-corrected chi connectivity index (χ3v) is 4.95. The van der Waals surface area contributed by atoms with E-state index < -0.39 is 0 Å². The van der Waals surface area contributed by atoms with Gasteiger partial charge in [-0.15, -0.1) is 0 Å². The first-order chi connectivity index (χ1) is 10.2. The van der Waals surface area contributed by atoms with Crippen molar-refractivity contribution < 1.29 is 0 Å². The van der Waals surface area contributed by atoms with Crippen molar-refractivity contribution in [3.8, 4) is 0 Å². The molecule has 116 valence electrons. The molecule has 1 aromatic carbocycles. The van der Waals surface area contributed by atoms with E-state index in [1.807, 2.05) is 6.07 Å². The van der Waals surface area contributed by atoms with Crippen molar-refractivity contribution >= 4 is 27.0 Å². The van der Waals surface area contributed by atoms with Crippen LogP contribution in [0.15, 0.2) is 23.0 Å². The number of rotatable bonds is 9. The second-order valence-corrected chi connectivity index (χ2v) is 6.87. The van der Waals surface area contributed by atoms with E-state index in [-0.39, 0.29) is 5.69 Å². The molecule has 0 saturated carbocycles. The molecule has 4 heteroatoms. The Morgan fingerprint density at radius 2 is 1.67 bits per heavy atom. The van der Waals surface area contributed by atoms with Gasteiger partial charge in [-0.25, -0.2) is 4.79 Å². The summed E-state index contributed by atoms with van der Waals surface area (Å²) < 4.78 is 0. The zero-order valence-corrected chi connectivity index (χ0v) is 14.3. The summed E-state index contributed by atoms with van der Waals surface area (Å²) >= 11 is 3.77. The predicted octanol–water partition coefficient (Wildman–Crippen LogP) is 5.43. The number of benzene rings is 1. The number of alkyl halides is 1. The number of unbranched alkanes of at least 4 members (excludes halogenated alkanes) is 6. The lowest BCUT2D eigenvalue weighted by atomic mass is 10.0.